The molecule has 1 unspecified atom stereocenters. The van der Waals surface area contributed by atoms with Crippen molar-refractivity contribution >= 4 is 5.69 Å². The van der Waals surface area contributed by atoms with Gasteiger partial charge in [0.05, 0.1) is 6.10 Å². The fourth-order valence-electron chi connectivity index (χ4n) is 2.20. The molecule has 0 radical (unpaired) electrons. The molecular weight excluding hydrogens is 255 g/mol. The molecule has 1 aromatic carbocycles. The van der Waals surface area contributed by atoms with Gasteiger partial charge in [0.1, 0.15) is 5.82 Å². The molecular formula is C16H19FN2O. The van der Waals surface area contributed by atoms with E-state index in [0.717, 1.165) is 11.3 Å². The zero-order valence-electron chi connectivity index (χ0n) is 12.0. The van der Waals surface area contributed by atoms with Gasteiger partial charge in [-0.1, -0.05) is 6.07 Å². The van der Waals surface area contributed by atoms with Crippen molar-refractivity contribution in [2.24, 2.45) is 0 Å². The van der Waals surface area contributed by atoms with Gasteiger partial charge in [0.15, 0.2) is 0 Å². The quantitative estimate of drug-likeness (QED) is 0.930. The predicted octanol–water partition coefficient (Wildman–Crippen LogP) is 3.22. The van der Waals surface area contributed by atoms with E-state index >= 15 is 0 Å². The second-order valence-electron chi connectivity index (χ2n) is 5.05. The molecule has 1 heterocycles. The van der Waals surface area contributed by atoms with Crippen molar-refractivity contribution in [1.29, 1.82) is 0 Å². The first-order valence-electron chi connectivity index (χ1n) is 6.57. The highest BCUT2D eigenvalue weighted by Crippen LogP contribution is 2.29. The number of aliphatic hydroxyl groups is 1. The number of aliphatic hydroxyl groups excluding tert-OH is 1. The Morgan fingerprint density at radius 3 is 2.75 bits per heavy atom. The lowest BCUT2D eigenvalue weighted by Gasteiger charge is -2.24. The fraction of sp³-hybridized carbons (Fsp3) is 0.312. The molecule has 3 nitrogen and oxygen atoms in total. The van der Waals surface area contributed by atoms with E-state index in [0.29, 0.717) is 17.7 Å². The predicted molar refractivity (Wildman–Crippen MR) is 78.1 cm³/mol. The zero-order valence-corrected chi connectivity index (χ0v) is 12.0. The summed E-state index contributed by atoms with van der Waals surface area (Å²) in [4.78, 5) is 6.08. The number of hydrogen-bond acceptors (Lipinski definition) is 3. The van der Waals surface area contributed by atoms with E-state index in [9.17, 15) is 9.50 Å². The minimum Gasteiger partial charge on any atom is -0.389 e. The van der Waals surface area contributed by atoms with Crippen LogP contribution in [0.15, 0.2) is 36.7 Å². The maximum Gasteiger partial charge on any atom is 0.126 e. The highest BCUT2D eigenvalue weighted by Gasteiger charge is 2.15. The molecule has 0 aliphatic rings. The van der Waals surface area contributed by atoms with Gasteiger partial charge in [-0.15, -0.1) is 0 Å². The number of benzene rings is 1. The lowest BCUT2D eigenvalue weighted by atomic mass is 10.0. The van der Waals surface area contributed by atoms with Crippen LogP contribution in [0.1, 0.15) is 29.7 Å². The third-order valence-electron chi connectivity index (χ3n) is 3.31. The van der Waals surface area contributed by atoms with Crippen LogP contribution in [-0.2, 0) is 6.54 Å². The van der Waals surface area contributed by atoms with Crippen LogP contribution in [0.3, 0.4) is 0 Å². The van der Waals surface area contributed by atoms with Crippen molar-refractivity contribution in [3.63, 3.8) is 0 Å². The number of aromatic nitrogens is 1. The minimum atomic E-state index is -0.712. The second kappa shape index (κ2) is 6.01. The normalized spacial score (nSPS) is 12.2. The maximum absolute atomic E-state index is 13.7. The molecule has 1 N–H and O–H groups in total. The van der Waals surface area contributed by atoms with Crippen LogP contribution in [0.4, 0.5) is 10.1 Å². The Balaban J connectivity index is 2.33. The average Bonchev–Trinajstić information content (AvgIpc) is 2.42. The second-order valence-corrected chi connectivity index (χ2v) is 5.05. The molecule has 1 aromatic heterocycles. The van der Waals surface area contributed by atoms with Crippen molar-refractivity contribution in [1.82, 2.24) is 4.98 Å². The minimum absolute atomic E-state index is 0.292. The summed E-state index contributed by atoms with van der Waals surface area (Å²) in [5.41, 5.74) is 3.07. The van der Waals surface area contributed by atoms with Crippen LogP contribution >= 0.6 is 0 Å². The van der Waals surface area contributed by atoms with Crippen molar-refractivity contribution in [2.75, 3.05) is 11.9 Å². The number of rotatable bonds is 4. The largest absolute Gasteiger partial charge is 0.389 e. The zero-order chi connectivity index (χ0) is 14.7. The van der Waals surface area contributed by atoms with Gasteiger partial charge >= 0.3 is 0 Å². The molecule has 0 aliphatic heterocycles. The summed E-state index contributed by atoms with van der Waals surface area (Å²) in [5.74, 6) is -0.292. The Morgan fingerprint density at radius 1 is 1.40 bits per heavy atom. The lowest BCUT2D eigenvalue weighted by molar-refractivity contribution is 0.199. The molecule has 106 valence electrons. The number of nitrogens with zero attached hydrogens (tertiary/aromatic N) is 2. The van der Waals surface area contributed by atoms with Crippen molar-refractivity contribution in [2.45, 2.75) is 26.5 Å². The molecule has 0 bridgehead atoms. The Kier molecular flexibility index (Phi) is 4.35. The third-order valence-corrected chi connectivity index (χ3v) is 3.31. The van der Waals surface area contributed by atoms with Gasteiger partial charge < -0.3 is 10.0 Å². The van der Waals surface area contributed by atoms with E-state index in [4.69, 9.17) is 0 Å². The highest BCUT2D eigenvalue weighted by molar-refractivity contribution is 5.56. The first-order valence-corrected chi connectivity index (χ1v) is 6.57. The van der Waals surface area contributed by atoms with Gasteiger partial charge in [-0.2, -0.15) is 0 Å². The SMILES string of the molecule is Cc1cc(N(C)Cc2cccnc2)c(C(C)O)cc1F. The average molecular weight is 274 g/mol. The Bertz CT molecular complexity index is 585. The molecule has 4 heteroatoms. The van der Waals surface area contributed by atoms with Crippen LogP contribution in [0.25, 0.3) is 0 Å². The van der Waals surface area contributed by atoms with Gasteiger partial charge in [0, 0.05) is 37.2 Å². The molecule has 0 aliphatic carbocycles. The molecule has 0 saturated carbocycles. The van der Waals surface area contributed by atoms with Gasteiger partial charge in [0.25, 0.3) is 0 Å². The lowest BCUT2D eigenvalue weighted by Crippen LogP contribution is -2.19. The Labute approximate surface area is 118 Å². The van der Waals surface area contributed by atoms with E-state index in [-0.39, 0.29) is 5.82 Å². The molecule has 20 heavy (non-hydrogen) atoms. The summed E-state index contributed by atoms with van der Waals surface area (Å²) in [6, 6.07) is 7.05. The van der Waals surface area contributed by atoms with Crippen LogP contribution < -0.4 is 4.90 Å². The number of pyridine rings is 1. The van der Waals surface area contributed by atoms with Gasteiger partial charge in [-0.25, -0.2) is 4.39 Å². The van der Waals surface area contributed by atoms with E-state index in [1.165, 1.54) is 6.07 Å². The Morgan fingerprint density at radius 2 is 2.15 bits per heavy atom. The summed E-state index contributed by atoms with van der Waals surface area (Å²) in [6.07, 6.45) is 2.82. The first kappa shape index (κ1) is 14.5. The summed E-state index contributed by atoms with van der Waals surface area (Å²) < 4.78 is 13.7. The van der Waals surface area contributed by atoms with Crippen LogP contribution in [-0.4, -0.2) is 17.1 Å². The fourth-order valence-corrected chi connectivity index (χ4v) is 2.20. The smallest absolute Gasteiger partial charge is 0.126 e. The van der Waals surface area contributed by atoms with Gasteiger partial charge in [0.2, 0.25) is 0 Å². The number of anilines is 1. The van der Waals surface area contributed by atoms with Crippen LogP contribution in [0.2, 0.25) is 0 Å². The third kappa shape index (κ3) is 3.14. The molecule has 2 aromatic rings. The Hall–Kier alpha value is -1.94. The molecule has 0 saturated heterocycles. The van der Waals surface area contributed by atoms with E-state index in [2.05, 4.69) is 4.98 Å². The maximum atomic E-state index is 13.7. The van der Waals surface area contributed by atoms with Gasteiger partial charge in [-0.3, -0.25) is 4.98 Å². The number of hydrogen-bond donors (Lipinski definition) is 1. The van der Waals surface area contributed by atoms with Crippen LogP contribution in [0.5, 0.6) is 0 Å². The molecule has 0 spiro atoms. The van der Waals surface area contributed by atoms with E-state index in [1.807, 2.05) is 24.1 Å². The standard InChI is InChI=1S/C16H19FN2O/c1-11-7-16(14(12(2)20)8-15(11)17)19(3)10-13-5-4-6-18-9-13/h4-9,12,20H,10H2,1-3H3. The molecule has 0 amide bonds. The summed E-state index contributed by atoms with van der Waals surface area (Å²) >= 11 is 0. The van der Waals surface area contributed by atoms with Gasteiger partial charge in [-0.05, 0) is 43.2 Å². The van der Waals surface area contributed by atoms with Crippen molar-refractivity contribution < 1.29 is 9.50 Å². The highest BCUT2D eigenvalue weighted by atomic mass is 19.1. The number of aryl methyl sites for hydroxylation is 1. The summed E-state index contributed by atoms with van der Waals surface area (Å²) in [7, 11) is 1.92. The number of halogens is 1. The van der Waals surface area contributed by atoms with E-state index < -0.39 is 6.10 Å². The molecule has 0 fully saturated rings. The van der Waals surface area contributed by atoms with Crippen molar-refractivity contribution in [3.05, 3.63) is 59.2 Å². The first-order chi connectivity index (χ1) is 9.49. The topological polar surface area (TPSA) is 36.4 Å². The summed E-state index contributed by atoms with van der Waals surface area (Å²) in [5, 5.41) is 9.83. The molecule has 2 rings (SSSR count). The molecule has 1 atom stereocenters. The summed E-state index contributed by atoms with van der Waals surface area (Å²) in [6.45, 7) is 4.02. The van der Waals surface area contributed by atoms with Crippen molar-refractivity contribution in [3.8, 4) is 0 Å². The van der Waals surface area contributed by atoms with Crippen LogP contribution in [0, 0.1) is 12.7 Å². The monoisotopic (exact) mass is 274 g/mol. The van der Waals surface area contributed by atoms with E-state index in [1.54, 1.807) is 32.3 Å².